The Morgan fingerprint density at radius 3 is 2.47 bits per heavy atom. The highest BCUT2D eigenvalue weighted by Gasteiger charge is 2.21. The second-order valence-electron chi connectivity index (χ2n) is 7.29. The fourth-order valence-electron chi connectivity index (χ4n) is 3.37. The van der Waals surface area contributed by atoms with Crippen LogP contribution in [0.2, 0.25) is 5.02 Å². The van der Waals surface area contributed by atoms with Gasteiger partial charge in [0.05, 0.1) is 33.4 Å². The first-order chi connectivity index (χ1) is 15.0. The van der Waals surface area contributed by atoms with E-state index < -0.39 is 33.3 Å². The molecule has 4 rings (SSSR count). The number of sulfonamides is 1. The van der Waals surface area contributed by atoms with Crippen molar-refractivity contribution in [3.63, 3.8) is 0 Å². The summed E-state index contributed by atoms with van der Waals surface area (Å²) in [5, 5.41) is 3.94. The minimum Gasteiger partial charge on any atom is -0.268 e. The molecule has 0 saturated carbocycles. The van der Waals surface area contributed by atoms with Crippen LogP contribution < -0.4 is 4.72 Å². The van der Waals surface area contributed by atoms with Crippen LogP contribution in [0.1, 0.15) is 15.9 Å². The molecular weight excluding hydrogens is 460 g/mol. The third kappa shape index (κ3) is 4.21. The summed E-state index contributed by atoms with van der Waals surface area (Å²) >= 11 is 6.23. The van der Waals surface area contributed by atoms with Gasteiger partial charge in [0, 0.05) is 6.07 Å². The summed E-state index contributed by atoms with van der Waals surface area (Å²) in [5.41, 5.74) is 2.52. The molecule has 1 heterocycles. The summed E-state index contributed by atoms with van der Waals surface area (Å²) in [5.74, 6) is -2.98. The number of carbonyl (C=O) groups excluding carboxylic acids is 1. The molecule has 164 valence electrons. The Labute approximate surface area is 187 Å². The fourth-order valence-corrected chi connectivity index (χ4v) is 4.06. The largest absolute Gasteiger partial charge is 0.268 e. The number of fused-ring (bicyclic) bond motifs is 1. The first-order valence-electron chi connectivity index (χ1n) is 9.30. The molecule has 4 aromatic rings. The maximum absolute atomic E-state index is 14.7. The number of aromatic nitrogens is 2. The monoisotopic (exact) mass is 475 g/mol. The summed E-state index contributed by atoms with van der Waals surface area (Å²) in [6.07, 6.45) is 0.766. The van der Waals surface area contributed by atoms with E-state index in [2.05, 4.69) is 5.10 Å². The maximum atomic E-state index is 14.7. The van der Waals surface area contributed by atoms with Gasteiger partial charge in [-0.05, 0) is 36.2 Å². The first-order valence-corrected chi connectivity index (χ1v) is 11.6. The molecular formula is C22H16ClF2N3O3S. The third-order valence-corrected chi connectivity index (χ3v) is 5.63. The standard InChI is InChI=1S/C22H16ClF2N3O3S/c1-12-4-3-5-13(8-12)14-6-7-19-16(9-14)21(25)26-28(19)20-11-18(24)15(10-17(20)23)22(29)27-32(2,30)31/h3-11H,1-2H3,(H,27,29). The van der Waals surface area contributed by atoms with Gasteiger partial charge in [-0.1, -0.05) is 47.5 Å². The lowest BCUT2D eigenvalue weighted by Crippen LogP contribution is -2.30. The van der Waals surface area contributed by atoms with Crippen molar-refractivity contribution in [2.24, 2.45) is 0 Å². The molecule has 0 aliphatic carbocycles. The molecule has 0 unspecified atom stereocenters. The summed E-state index contributed by atoms with van der Waals surface area (Å²) in [6.45, 7) is 1.96. The van der Waals surface area contributed by atoms with E-state index in [-0.39, 0.29) is 16.1 Å². The predicted molar refractivity (Wildman–Crippen MR) is 118 cm³/mol. The smallest absolute Gasteiger partial charge is 0.267 e. The highest BCUT2D eigenvalue weighted by Crippen LogP contribution is 2.31. The molecule has 1 aromatic heterocycles. The number of amides is 1. The second kappa shape index (κ2) is 7.99. The number of nitrogens with one attached hydrogen (secondary N) is 1. The molecule has 0 aliphatic rings. The van der Waals surface area contributed by atoms with E-state index in [0.29, 0.717) is 5.52 Å². The Balaban J connectivity index is 1.80. The number of benzene rings is 3. The van der Waals surface area contributed by atoms with Gasteiger partial charge in [0.1, 0.15) is 5.82 Å². The fraction of sp³-hybridized carbons (Fsp3) is 0.0909. The molecule has 1 amide bonds. The predicted octanol–water partition coefficient (Wildman–Crippen LogP) is 4.62. The molecule has 3 aromatic carbocycles. The summed E-state index contributed by atoms with van der Waals surface area (Å²) < 4.78 is 54.6. The minimum atomic E-state index is -3.90. The Morgan fingerprint density at radius 2 is 1.78 bits per heavy atom. The molecule has 32 heavy (non-hydrogen) atoms. The van der Waals surface area contributed by atoms with Crippen LogP contribution in [0.3, 0.4) is 0 Å². The van der Waals surface area contributed by atoms with Gasteiger partial charge >= 0.3 is 0 Å². The first kappa shape index (κ1) is 21.9. The van der Waals surface area contributed by atoms with E-state index in [1.807, 2.05) is 31.2 Å². The van der Waals surface area contributed by atoms with Crippen molar-refractivity contribution in [1.29, 1.82) is 0 Å². The van der Waals surface area contributed by atoms with Crippen molar-refractivity contribution in [3.05, 3.63) is 82.5 Å². The van der Waals surface area contributed by atoms with E-state index in [1.165, 1.54) is 0 Å². The van der Waals surface area contributed by atoms with Gasteiger partial charge in [0.25, 0.3) is 5.91 Å². The number of aryl methyl sites for hydroxylation is 1. The van der Waals surface area contributed by atoms with Crippen molar-refractivity contribution in [2.45, 2.75) is 6.92 Å². The highest BCUT2D eigenvalue weighted by molar-refractivity contribution is 7.89. The van der Waals surface area contributed by atoms with Crippen LogP contribution in [0.4, 0.5) is 8.78 Å². The van der Waals surface area contributed by atoms with Crippen molar-refractivity contribution in [3.8, 4) is 16.8 Å². The van der Waals surface area contributed by atoms with Gasteiger partial charge in [-0.2, -0.15) is 4.39 Å². The number of halogens is 3. The van der Waals surface area contributed by atoms with Gasteiger partial charge in [-0.25, -0.2) is 22.2 Å². The van der Waals surface area contributed by atoms with Gasteiger partial charge in [-0.15, -0.1) is 5.10 Å². The molecule has 0 radical (unpaired) electrons. The topological polar surface area (TPSA) is 81.1 Å². The van der Waals surface area contributed by atoms with E-state index in [9.17, 15) is 22.0 Å². The lowest BCUT2D eigenvalue weighted by Gasteiger charge is -2.10. The number of hydrogen-bond acceptors (Lipinski definition) is 4. The van der Waals surface area contributed by atoms with E-state index in [1.54, 1.807) is 22.9 Å². The van der Waals surface area contributed by atoms with Crippen molar-refractivity contribution in [1.82, 2.24) is 14.5 Å². The molecule has 1 N–H and O–H groups in total. The van der Waals surface area contributed by atoms with Crippen LogP contribution in [-0.4, -0.2) is 30.4 Å². The maximum Gasteiger partial charge on any atom is 0.267 e. The summed E-state index contributed by atoms with van der Waals surface area (Å²) in [4.78, 5) is 12.0. The Kier molecular flexibility index (Phi) is 5.47. The van der Waals surface area contributed by atoms with E-state index in [0.717, 1.165) is 39.8 Å². The molecule has 6 nitrogen and oxygen atoms in total. The molecule has 0 fully saturated rings. The van der Waals surface area contributed by atoms with E-state index >= 15 is 0 Å². The SMILES string of the molecule is Cc1cccc(-c2ccc3c(c2)c(F)nn3-c2cc(F)c(C(=O)NS(C)(=O)=O)cc2Cl)c1. The molecule has 0 bridgehead atoms. The normalized spacial score (nSPS) is 11.7. The van der Waals surface area contributed by atoms with E-state index in [4.69, 9.17) is 11.6 Å². The number of nitrogens with zero attached hydrogens (tertiary/aromatic N) is 2. The zero-order valence-corrected chi connectivity index (χ0v) is 18.4. The Morgan fingerprint density at radius 1 is 1.06 bits per heavy atom. The zero-order valence-electron chi connectivity index (χ0n) is 16.9. The van der Waals surface area contributed by atoms with Gasteiger partial charge in [0.15, 0.2) is 0 Å². The highest BCUT2D eigenvalue weighted by atomic mass is 35.5. The molecule has 0 saturated heterocycles. The van der Waals surface area contributed by atoms with Crippen LogP contribution in [0.5, 0.6) is 0 Å². The van der Waals surface area contributed by atoms with Crippen LogP contribution in [-0.2, 0) is 10.0 Å². The quantitative estimate of drug-likeness (QED) is 0.467. The van der Waals surface area contributed by atoms with Crippen LogP contribution in [0.25, 0.3) is 27.7 Å². The number of carbonyl (C=O) groups is 1. The average molecular weight is 476 g/mol. The molecule has 0 aliphatic heterocycles. The van der Waals surface area contributed by atoms with Crippen LogP contribution in [0.15, 0.2) is 54.6 Å². The molecule has 0 spiro atoms. The zero-order chi connectivity index (χ0) is 23.2. The van der Waals surface area contributed by atoms with Gasteiger partial charge in [0.2, 0.25) is 16.0 Å². The molecule has 0 atom stereocenters. The molecule has 10 heteroatoms. The third-order valence-electron chi connectivity index (χ3n) is 4.77. The van der Waals surface area contributed by atoms with Crippen molar-refractivity contribution in [2.75, 3.05) is 6.26 Å². The summed E-state index contributed by atoms with van der Waals surface area (Å²) in [6, 6.07) is 14.7. The Hall–Kier alpha value is -3.30. The van der Waals surface area contributed by atoms with Crippen LogP contribution in [0, 0.1) is 18.7 Å². The summed E-state index contributed by atoms with van der Waals surface area (Å²) in [7, 11) is -3.90. The van der Waals surface area contributed by atoms with Gasteiger partial charge in [-0.3, -0.25) is 4.79 Å². The van der Waals surface area contributed by atoms with Crippen molar-refractivity contribution < 1.29 is 22.0 Å². The minimum absolute atomic E-state index is 0.00252. The van der Waals surface area contributed by atoms with Crippen molar-refractivity contribution >= 4 is 38.4 Å². The van der Waals surface area contributed by atoms with Crippen LogP contribution >= 0.6 is 11.6 Å². The number of rotatable bonds is 4. The number of hydrogen-bond donors (Lipinski definition) is 1. The average Bonchev–Trinajstić information content (AvgIpc) is 3.04. The Bertz CT molecular complexity index is 1500. The lowest BCUT2D eigenvalue weighted by atomic mass is 10.0. The second-order valence-corrected chi connectivity index (χ2v) is 9.45. The van der Waals surface area contributed by atoms with Gasteiger partial charge < -0.3 is 0 Å². The lowest BCUT2D eigenvalue weighted by molar-refractivity contribution is 0.0978.